The maximum atomic E-state index is 13.3. The first kappa shape index (κ1) is 22.2. The van der Waals surface area contributed by atoms with Crippen molar-refractivity contribution in [2.45, 2.75) is 31.6 Å². The molecule has 0 bridgehead atoms. The smallest absolute Gasteiger partial charge is 0.170 e. The topological polar surface area (TPSA) is 46.3 Å². The van der Waals surface area contributed by atoms with Crippen LogP contribution in [-0.2, 0) is 6.42 Å². The van der Waals surface area contributed by atoms with Crippen LogP contribution in [-0.4, -0.2) is 35.5 Å². The number of halogens is 3. The van der Waals surface area contributed by atoms with Gasteiger partial charge < -0.3 is 9.42 Å². The summed E-state index contributed by atoms with van der Waals surface area (Å²) in [7, 11) is 0. The molecule has 1 unspecified atom stereocenters. The number of piperidine rings is 1. The molecular weight excluding hydrogens is 434 g/mol. The summed E-state index contributed by atoms with van der Waals surface area (Å²) in [6, 6.07) is 6.61. The van der Waals surface area contributed by atoms with E-state index in [1.165, 1.54) is 17.0 Å². The molecule has 1 aromatic carbocycles. The summed E-state index contributed by atoms with van der Waals surface area (Å²) >= 11 is 1.71. The Balaban J connectivity index is 0.00000120. The van der Waals surface area contributed by atoms with E-state index in [1.807, 2.05) is 11.4 Å². The first-order chi connectivity index (χ1) is 13.2. The van der Waals surface area contributed by atoms with Gasteiger partial charge in [0.15, 0.2) is 11.4 Å². The highest BCUT2D eigenvalue weighted by atomic mass is 35.5. The molecule has 1 atom stereocenters. The lowest BCUT2D eigenvalue weighted by molar-refractivity contribution is 0.0916. The quantitative estimate of drug-likeness (QED) is 0.519. The molecule has 3 aromatic rings. The van der Waals surface area contributed by atoms with Crippen LogP contribution in [0, 0.1) is 11.7 Å². The van der Waals surface area contributed by atoms with Gasteiger partial charge in [-0.25, -0.2) is 4.39 Å². The van der Waals surface area contributed by atoms with Gasteiger partial charge in [-0.05, 0) is 68.9 Å². The van der Waals surface area contributed by atoms with Crippen molar-refractivity contribution in [3.8, 4) is 0 Å². The summed E-state index contributed by atoms with van der Waals surface area (Å²) in [5.41, 5.74) is 2.44. The fourth-order valence-electron chi connectivity index (χ4n) is 4.48. The van der Waals surface area contributed by atoms with Crippen LogP contribution in [0.5, 0.6) is 0 Å². The van der Waals surface area contributed by atoms with Crippen molar-refractivity contribution < 1.29 is 13.7 Å². The second-order valence-corrected chi connectivity index (χ2v) is 8.64. The van der Waals surface area contributed by atoms with Gasteiger partial charge in [0.2, 0.25) is 0 Å². The molecule has 0 saturated carbocycles. The molecule has 156 valence electrons. The third-order valence-corrected chi connectivity index (χ3v) is 6.99. The number of likely N-dealkylation sites (tertiary alicyclic amines) is 1. The zero-order valence-corrected chi connectivity index (χ0v) is 18.3. The molecule has 0 N–H and O–H groups in total. The number of aromatic nitrogens is 1. The Labute approximate surface area is 185 Å². The third kappa shape index (κ3) is 4.22. The Hall–Kier alpha value is -1.47. The lowest BCUT2D eigenvalue weighted by atomic mass is 9.91. The molecule has 8 heteroatoms. The predicted molar refractivity (Wildman–Crippen MR) is 117 cm³/mol. The minimum Gasteiger partial charge on any atom is -0.356 e. The molecule has 0 spiro atoms. The number of benzene rings is 1. The van der Waals surface area contributed by atoms with Crippen molar-refractivity contribution in [1.29, 1.82) is 0 Å². The van der Waals surface area contributed by atoms with Gasteiger partial charge in [-0.1, -0.05) is 5.16 Å². The van der Waals surface area contributed by atoms with Crippen molar-refractivity contribution in [2.24, 2.45) is 5.92 Å². The van der Waals surface area contributed by atoms with Gasteiger partial charge in [0.25, 0.3) is 0 Å². The third-order valence-electron chi connectivity index (χ3n) is 6.04. The van der Waals surface area contributed by atoms with Gasteiger partial charge in [-0.3, -0.25) is 4.79 Å². The monoisotopic (exact) mass is 456 g/mol. The normalized spacial score (nSPS) is 19.8. The Morgan fingerprint density at radius 3 is 2.76 bits per heavy atom. The molecule has 3 heterocycles. The van der Waals surface area contributed by atoms with Gasteiger partial charge in [-0.15, -0.1) is 36.2 Å². The van der Waals surface area contributed by atoms with E-state index in [1.54, 1.807) is 17.4 Å². The average Bonchev–Trinajstić information content (AvgIpc) is 3.37. The van der Waals surface area contributed by atoms with Gasteiger partial charge in [-0.2, -0.15) is 0 Å². The minimum absolute atomic E-state index is 0. The van der Waals surface area contributed by atoms with Crippen molar-refractivity contribution in [3.63, 3.8) is 0 Å². The molecule has 2 aliphatic rings. The lowest BCUT2D eigenvalue weighted by Gasteiger charge is -2.31. The second kappa shape index (κ2) is 9.13. The molecule has 1 aliphatic heterocycles. The van der Waals surface area contributed by atoms with E-state index in [2.05, 4.69) is 10.1 Å². The van der Waals surface area contributed by atoms with Crippen molar-refractivity contribution in [2.75, 3.05) is 19.6 Å². The summed E-state index contributed by atoms with van der Waals surface area (Å²) in [4.78, 5) is 16.1. The Bertz CT molecular complexity index is 998. The number of Topliss-reactive ketones (excluding diaryl/α,β-unsaturated/α-hetero) is 1. The zero-order chi connectivity index (χ0) is 18.4. The van der Waals surface area contributed by atoms with Crippen molar-refractivity contribution in [3.05, 3.63) is 51.6 Å². The van der Waals surface area contributed by atoms with Crippen LogP contribution in [0.15, 0.2) is 34.2 Å². The Kier molecular flexibility index (Phi) is 6.99. The van der Waals surface area contributed by atoms with E-state index in [-0.39, 0.29) is 36.5 Å². The second-order valence-electron chi connectivity index (χ2n) is 7.64. The average molecular weight is 457 g/mol. The highest BCUT2D eigenvalue weighted by molar-refractivity contribution is 7.10. The number of thiophene rings is 1. The van der Waals surface area contributed by atoms with Gasteiger partial charge in [0, 0.05) is 33.7 Å². The molecule has 1 saturated heterocycles. The van der Waals surface area contributed by atoms with Gasteiger partial charge in [0.05, 0.1) is 5.69 Å². The predicted octanol–water partition coefficient (Wildman–Crippen LogP) is 5.50. The lowest BCUT2D eigenvalue weighted by Crippen LogP contribution is -2.35. The molecule has 4 nitrogen and oxygen atoms in total. The molecular formula is C21H23Cl2FN2O2S. The van der Waals surface area contributed by atoms with Crippen LogP contribution in [0.2, 0.25) is 0 Å². The molecule has 5 rings (SSSR count). The Morgan fingerprint density at radius 2 is 2.00 bits per heavy atom. The van der Waals surface area contributed by atoms with E-state index in [9.17, 15) is 9.18 Å². The molecule has 0 radical (unpaired) electrons. The molecule has 1 fully saturated rings. The van der Waals surface area contributed by atoms with Gasteiger partial charge in [0.1, 0.15) is 5.82 Å². The number of hydrogen-bond acceptors (Lipinski definition) is 5. The zero-order valence-electron chi connectivity index (χ0n) is 15.8. The summed E-state index contributed by atoms with van der Waals surface area (Å²) in [5.74, 6) is 0.561. The molecule has 1 aliphatic carbocycles. The van der Waals surface area contributed by atoms with Crippen LogP contribution < -0.4 is 0 Å². The van der Waals surface area contributed by atoms with Crippen LogP contribution in [0.4, 0.5) is 4.39 Å². The van der Waals surface area contributed by atoms with Crippen LogP contribution in [0.1, 0.15) is 46.1 Å². The summed E-state index contributed by atoms with van der Waals surface area (Å²) in [6.07, 6.45) is 3.90. The molecule has 0 amide bonds. The van der Waals surface area contributed by atoms with Crippen molar-refractivity contribution >= 4 is 52.9 Å². The highest BCUT2D eigenvalue weighted by Gasteiger charge is 2.32. The maximum Gasteiger partial charge on any atom is 0.170 e. The highest BCUT2D eigenvalue weighted by Crippen LogP contribution is 2.35. The van der Waals surface area contributed by atoms with Gasteiger partial charge >= 0.3 is 0 Å². The SMILES string of the molecule is Cl.Cl.O=C1c2ccsc2CC1CCN1CCC(c2noc3cc(F)ccc23)CC1. The summed E-state index contributed by atoms with van der Waals surface area (Å²) in [5, 5.41) is 7.17. The van der Waals surface area contributed by atoms with E-state index >= 15 is 0 Å². The summed E-state index contributed by atoms with van der Waals surface area (Å²) < 4.78 is 18.6. The number of rotatable bonds is 4. The number of carbonyl (C=O) groups is 1. The summed E-state index contributed by atoms with van der Waals surface area (Å²) in [6.45, 7) is 2.98. The largest absolute Gasteiger partial charge is 0.356 e. The van der Waals surface area contributed by atoms with E-state index in [4.69, 9.17) is 4.52 Å². The van der Waals surface area contributed by atoms with E-state index in [0.29, 0.717) is 17.3 Å². The minimum atomic E-state index is -0.296. The van der Waals surface area contributed by atoms with E-state index in [0.717, 1.165) is 62.0 Å². The fraction of sp³-hybridized carbons (Fsp3) is 0.429. The maximum absolute atomic E-state index is 13.3. The fourth-order valence-corrected chi connectivity index (χ4v) is 5.44. The molecule has 2 aromatic heterocycles. The van der Waals surface area contributed by atoms with Crippen LogP contribution in [0.3, 0.4) is 0 Å². The standard InChI is InChI=1S/C21H21FN2O2S.2ClH/c22-15-1-2-16-18(12-15)26-23-20(16)13-3-7-24(8-4-13)9-5-14-11-19-17(21(14)25)6-10-27-19;;/h1-2,6,10,12-14H,3-5,7-9,11H2;2*1H. The van der Waals surface area contributed by atoms with Crippen LogP contribution in [0.25, 0.3) is 11.0 Å². The van der Waals surface area contributed by atoms with Crippen LogP contribution >= 0.6 is 36.2 Å². The number of nitrogens with zero attached hydrogens (tertiary/aromatic N) is 2. The molecule has 29 heavy (non-hydrogen) atoms. The Morgan fingerprint density at radius 1 is 1.21 bits per heavy atom. The number of fused-ring (bicyclic) bond motifs is 2. The number of ketones is 1. The van der Waals surface area contributed by atoms with Crippen molar-refractivity contribution in [1.82, 2.24) is 10.1 Å². The van der Waals surface area contributed by atoms with E-state index < -0.39 is 0 Å². The first-order valence-corrected chi connectivity index (χ1v) is 10.4. The first-order valence-electron chi connectivity index (χ1n) is 9.57. The number of carbonyl (C=O) groups excluding carboxylic acids is 1. The number of hydrogen-bond donors (Lipinski definition) is 0.